The summed E-state index contributed by atoms with van der Waals surface area (Å²) >= 11 is 3.37. The molecule has 2 aromatic rings. The van der Waals surface area contributed by atoms with Gasteiger partial charge in [0, 0.05) is 10.0 Å². The maximum Gasteiger partial charge on any atom is 0.125 e. The zero-order chi connectivity index (χ0) is 13.8. The maximum absolute atomic E-state index is 9.73. The van der Waals surface area contributed by atoms with E-state index in [1.165, 1.54) is 0 Å². The molecule has 0 amide bonds. The highest BCUT2D eigenvalue weighted by Crippen LogP contribution is 2.29. The summed E-state index contributed by atoms with van der Waals surface area (Å²) in [6, 6.07) is 12.4. The molecule has 0 aliphatic heterocycles. The second-order valence-corrected chi connectivity index (χ2v) is 5.23. The van der Waals surface area contributed by atoms with E-state index in [1.807, 2.05) is 24.3 Å². The molecule has 1 atom stereocenters. The third-order valence-electron chi connectivity index (χ3n) is 2.73. The van der Waals surface area contributed by atoms with Gasteiger partial charge in [-0.1, -0.05) is 28.1 Å². The van der Waals surface area contributed by atoms with Crippen LogP contribution in [0.15, 0.2) is 46.9 Å². The van der Waals surface area contributed by atoms with Crippen LogP contribution >= 0.6 is 15.9 Å². The second kappa shape index (κ2) is 6.08. The van der Waals surface area contributed by atoms with Crippen LogP contribution in [0.5, 0.6) is 11.5 Å². The van der Waals surface area contributed by atoms with Crippen LogP contribution < -0.4 is 4.74 Å². The summed E-state index contributed by atoms with van der Waals surface area (Å²) in [6.07, 6.45) is -0.600. The molecule has 0 spiro atoms. The van der Waals surface area contributed by atoms with Gasteiger partial charge in [-0.05, 0) is 42.8 Å². The van der Waals surface area contributed by atoms with Crippen LogP contribution in [-0.2, 0) is 6.61 Å². The van der Waals surface area contributed by atoms with Crippen LogP contribution in [0.4, 0.5) is 0 Å². The highest BCUT2D eigenvalue weighted by Gasteiger charge is 2.10. The molecule has 2 N–H and O–H groups in total. The Bertz CT molecular complexity index is 567. The molecule has 0 saturated carbocycles. The van der Waals surface area contributed by atoms with Gasteiger partial charge in [0.1, 0.15) is 18.1 Å². The fourth-order valence-corrected chi connectivity index (χ4v) is 2.16. The lowest BCUT2D eigenvalue weighted by Crippen LogP contribution is -2.01. The van der Waals surface area contributed by atoms with Gasteiger partial charge in [0.2, 0.25) is 0 Å². The number of aromatic hydroxyl groups is 1. The molecule has 0 bridgehead atoms. The van der Waals surface area contributed by atoms with E-state index in [4.69, 9.17) is 4.74 Å². The minimum absolute atomic E-state index is 0.215. The predicted octanol–water partition coefficient (Wildman–Crippen LogP) is 3.79. The summed E-state index contributed by atoms with van der Waals surface area (Å²) in [5, 5.41) is 19.1. The number of hydrogen-bond donors (Lipinski definition) is 2. The third kappa shape index (κ3) is 3.72. The number of aliphatic hydroxyl groups is 1. The van der Waals surface area contributed by atoms with E-state index in [2.05, 4.69) is 15.9 Å². The number of hydrogen-bond acceptors (Lipinski definition) is 3. The van der Waals surface area contributed by atoms with Crippen molar-refractivity contribution >= 4 is 15.9 Å². The first kappa shape index (κ1) is 13.9. The summed E-state index contributed by atoms with van der Waals surface area (Å²) in [6.45, 7) is 2.04. The van der Waals surface area contributed by atoms with Crippen LogP contribution in [0.2, 0.25) is 0 Å². The first-order valence-electron chi connectivity index (χ1n) is 5.94. The lowest BCUT2D eigenvalue weighted by molar-refractivity contribution is 0.190. The van der Waals surface area contributed by atoms with E-state index in [0.717, 1.165) is 15.6 Å². The molecule has 0 fully saturated rings. The Morgan fingerprint density at radius 2 is 2.00 bits per heavy atom. The van der Waals surface area contributed by atoms with Gasteiger partial charge < -0.3 is 14.9 Å². The number of rotatable bonds is 4. The van der Waals surface area contributed by atoms with Gasteiger partial charge in [-0.25, -0.2) is 0 Å². The van der Waals surface area contributed by atoms with Gasteiger partial charge in [-0.2, -0.15) is 0 Å². The summed E-state index contributed by atoms with van der Waals surface area (Å²) in [4.78, 5) is 0. The second-order valence-electron chi connectivity index (χ2n) is 4.32. The third-order valence-corrected chi connectivity index (χ3v) is 3.22. The average Bonchev–Trinajstić information content (AvgIpc) is 2.37. The molecule has 0 aliphatic carbocycles. The first-order valence-corrected chi connectivity index (χ1v) is 6.74. The molecule has 3 nitrogen and oxygen atoms in total. The monoisotopic (exact) mass is 322 g/mol. The number of aliphatic hydroxyl groups excluding tert-OH is 1. The van der Waals surface area contributed by atoms with Gasteiger partial charge in [-0.3, -0.25) is 0 Å². The quantitative estimate of drug-likeness (QED) is 0.900. The smallest absolute Gasteiger partial charge is 0.125 e. The maximum atomic E-state index is 9.73. The van der Waals surface area contributed by atoms with Crippen molar-refractivity contribution in [2.24, 2.45) is 0 Å². The SMILES string of the molecule is C[C@@H](O)c1cc(Br)ccc1OCc1cccc(O)c1. The number of phenolic OH excluding ortho intramolecular Hbond substituents is 1. The molecule has 0 aromatic heterocycles. The van der Waals surface area contributed by atoms with Crippen LogP contribution in [-0.4, -0.2) is 10.2 Å². The number of phenols is 1. The molecule has 2 aromatic carbocycles. The summed E-state index contributed by atoms with van der Waals surface area (Å²) in [5.74, 6) is 0.856. The topological polar surface area (TPSA) is 49.7 Å². The zero-order valence-corrected chi connectivity index (χ0v) is 12.1. The van der Waals surface area contributed by atoms with Crippen molar-refractivity contribution in [1.29, 1.82) is 0 Å². The Morgan fingerprint density at radius 1 is 1.21 bits per heavy atom. The summed E-state index contributed by atoms with van der Waals surface area (Å²) in [7, 11) is 0. The summed E-state index contributed by atoms with van der Waals surface area (Å²) in [5.41, 5.74) is 1.61. The van der Waals surface area contributed by atoms with E-state index in [0.29, 0.717) is 12.4 Å². The van der Waals surface area contributed by atoms with Crippen molar-refractivity contribution in [1.82, 2.24) is 0 Å². The van der Waals surface area contributed by atoms with E-state index >= 15 is 0 Å². The van der Waals surface area contributed by atoms with E-state index < -0.39 is 6.10 Å². The number of benzene rings is 2. The molecule has 19 heavy (non-hydrogen) atoms. The Kier molecular flexibility index (Phi) is 4.45. The highest BCUT2D eigenvalue weighted by molar-refractivity contribution is 9.10. The molecule has 0 heterocycles. The molecular weight excluding hydrogens is 308 g/mol. The van der Waals surface area contributed by atoms with Gasteiger partial charge in [-0.15, -0.1) is 0 Å². The van der Waals surface area contributed by atoms with Crippen LogP contribution in [0.25, 0.3) is 0 Å². The molecule has 2 rings (SSSR count). The van der Waals surface area contributed by atoms with E-state index in [1.54, 1.807) is 25.1 Å². The van der Waals surface area contributed by atoms with Crippen LogP contribution in [0, 0.1) is 0 Å². The van der Waals surface area contributed by atoms with Crippen molar-refractivity contribution in [3.05, 3.63) is 58.1 Å². The Morgan fingerprint density at radius 3 is 2.68 bits per heavy atom. The zero-order valence-electron chi connectivity index (χ0n) is 10.5. The number of halogens is 1. The Balaban J connectivity index is 2.15. The minimum atomic E-state index is -0.600. The van der Waals surface area contributed by atoms with E-state index in [9.17, 15) is 10.2 Å². The van der Waals surface area contributed by atoms with E-state index in [-0.39, 0.29) is 5.75 Å². The molecule has 0 radical (unpaired) electrons. The van der Waals surface area contributed by atoms with Crippen molar-refractivity contribution < 1.29 is 14.9 Å². The lowest BCUT2D eigenvalue weighted by atomic mass is 10.1. The normalized spacial score (nSPS) is 12.2. The molecule has 4 heteroatoms. The number of ether oxygens (including phenoxy) is 1. The van der Waals surface area contributed by atoms with Gasteiger partial charge in [0.25, 0.3) is 0 Å². The van der Waals surface area contributed by atoms with Crippen molar-refractivity contribution in [3.63, 3.8) is 0 Å². The van der Waals surface area contributed by atoms with Crippen LogP contribution in [0.1, 0.15) is 24.2 Å². The molecule has 0 saturated heterocycles. The first-order chi connectivity index (χ1) is 9.06. The standard InChI is InChI=1S/C15H15BrO3/c1-10(17)14-8-12(16)5-6-15(14)19-9-11-3-2-4-13(18)7-11/h2-8,10,17-18H,9H2,1H3/t10-/m1/s1. The molecule has 0 aliphatic rings. The van der Waals surface area contributed by atoms with Gasteiger partial charge in [0.15, 0.2) is 0 Å². The average molecular weight is 323 g/mol. The fourth-order valence-electron chi connectivity index (χ4n) is 1.78. The fraction of sp³-hybridized carbons (Fsp3) is 0.200. The van der Waals surface area contributed by atoms with Crippen molar-refractivity contribution in [2.45, 2.75) is 19.6 Å². The minimum Gasteiger partial charge on any atom is -0.508 e. The predicted molar refractivity (Wildman–Crippen MR) is 77.2 cm³/mol. The van der Waals surface area contributed by atoms with Gasteiger partial charge in [0.05, 0.1) is 6.10 Å². The van der Waals surface area contributed by atoms with Gasteiger partial charge >= 0.3 is 0 Å². The molecule has 0 unspecified atom stereocenters. The van der Waals surface area contributed by atoms with Crippen LogP contribution in [0.3, 0.4) is 0 Å². The van der Waals surface area contributed by atoms with Crippen molar-refractivity contribution in [3.8, 4) is 11.5 Å². The lowest BCUT2D eigenvalue weighted by Gasteiger charge is -2.14. The summed E-state index contributed by atoms with van der Waals surface area (Å²) < 4.78 is 6.60. The molecule has 100 valence electrons. The van der Waals surface area contributed by atoms with Crippen molar-refractivity contribution in [2.75, 3.05) is 0 Å². The largest absolute Gasteiger partial charge is 0.508 e. The molecular formula is C15H15BrO3. The highest BCUT2D eigenvalue weighted by atomic mass is 79.9. The Hall–Kier alpha value is -1.52. The Labute approximate surface area is 120 Å².